The number of hydrogen-bond acceptors (Lipinski definition) is 1. The second-order valence-corrected chi connectivity index (χ2v) is 5.23. The molecule has 0 spiro atoms. The highest BCUT2D eigenvalue weighted by Gasteiger charge is 2.13. The van der Waals surface area contributed by atoms with Gasteiger partial charge in [-0.05, 0) is 36.9 Å². The van der Waals surface area contributed by atoms with Crippen molar-refractivity contribution in [3.05, 3.63) is 34.6 Å². The average molecular weight is 256 g/mol. The van der Waals surface area contributed by atoms with E-state index in [2.05, 4.69) is 5.32 Å². The standard InChI is InChI=1S/C14H19ClFN/c15-14-12(7-4-8-13(14)16)10-17-9-11-5-2-1-3-6-11/h4,7-8,11,17H,1-3,5-6,9-10H2. The molecule has 1 aliphatic rings. The number of hydrogen-bond donors (Lipinski definition) is 1. The van der Waals surface area contributed by atoms with Gasteiger partial charge in [-0.2, -0.15) is 0 Å². The molecule has 0 heterocycles. The van der Waals surface area contributed by atoms with Crippen LogP contribution in [0.3, 0.4) is 0 Å². The molecule has 2 rings (SSSR count). The monoisotopic (exact) mass is 255 g/mol. The predicted octanol–water partition coefficient (Wildman–Crippen LogP) is 4.15. The van der Waals surface area contributed by atoms with Crippen LogP contribution < -0.4 is 5.32 Å². The maximum Gasteiger partial charge on any atom is 0.142 e. The van der Waals surface area contributed by atoms with Crippen molar-refractivity contribution >= 4 is 11.6 Å². The Balaban J connectivity index is 1.79. The van der Waals surface area contributed by atoms with Crippen molar-refractivity contribution in [1.29, 1.82) is 0 Å². The van der Waals surface area contributed by atoms with E-state index in [0.717, 1.165) is 18.0 Å². The molecule has 3 heteroatoms. The minimum absolute atomic E-state index is 0.253. The third-order valence-corrected chi connectivity index (χ3v) is 3.93. The smallest absolute Gasteiger partial charge is 0.142 e. The summed E-state index contributed by atoms with van der Waals surface area (Å²) >= 11 is 5.90. The highest BCUT2D eigenvalue weighted by molar-refractivity contribution is 6.31. The molecule has 17 heavy (non-hydrogen) atoms. The van der Waals surface area contributed by atoms with Crippen LogP contribution in [0.1, 0.15) is 37.7 Å². The molecule has 1 aromatic rings. The summed E-state index contributed by atoms with van der Waals surface area (Å²) in [4.78, 5) is 0. The van der Waals surface area contributed by atoms with Gasteiger partial charge in [-0.3, -0.25) is 0 Å². The van der Waals surface area contributed by atoms with E-state index in [4.69, 9.17) is 11.6 Å². The number of halogens is 2. The predicted molar refractivity (Wildman–Crippen MR) is 69.7 cm³/mol. The summed E-state index contributed by atoms with van der Waals surface area (Å²) in [5.74, 6) is 0.458. The van der Waals surface area contributed by atoms with Crippen LogP contribution in [0, 0.1) is 11.7 Å². The first kappa shape index (κ1) is 12.8. The van der Waals surface area contributed by atoms with Crippen molar-refractivity contribution in [2.45, 2.75) is 38.6 Å². The van der Waals surface area contributed by atoms with Crippen molar-refractivity contribution < 1.29 is 4.39 Å². The Morgan fingerprint density at radius 2 is 2.00 bits per heavy atom. The van der Waals surface area contributed by atoms with Crippen LogP contribution in [0.5, 0.6) is 0 Å². The highest BCUT2D eigenvalue weighted by atomic mass is 35.5. The molecular weight excluding hydrogens is 237 g/mol. The fraction of sp³-hybridized carbons (Fsp3) is 0.571. The molecule has 1 aliphatic carbocycles. The van der Waals surface area contributed by atoms with Gasteiger partial charge < -0.3 is 5.32 Å². The van der Waals surface area contributed by atoms with Crippen molar-refractivity contribution in [1.82, 2.24) is 5.32 Å². The molecule has 94 valence electrons. The SMILES string of the molecule is Fc1cccc(CNCC2CCCCC2)c1Cl. The topological polar surface area (TPSA) is 12.0 Å². The van der Waals surface area contributed by atoms with Crippen LogP contribution in [0.2, 0.25) is 5.02 Å². The maximum atomic E-state index is 13.2. The molecule has 0 aliphatic heterocycles. The molecule has 0 atom stereocenters. The van der Waals surface area contributed by atoms with E-state index in [1.54, 1.807) is 6.07 Å². The minimum Gasteiger partial charge on any atom is -0.312 e. The third kappa shape index (κ3) is 3.68. The van der Waals surface area contributed by atoms with Gasteiger partial charge in [0.1, 0.15) is 5.82 Å². The van der Waals surface area contributed by atoms with Gasteiger partial charge >= 0.3 is 0 Å². The molecular formula is C14H19ClFN. The van der Waals surface area contributed by atoms with E-state index in [9.17, 15) is 4.39 Å². The molecule has 1 aromatic carbocycles. The van der Waals surface area contributed by atoms with Crippen LogP contribution >= 0.6 is 11.6 Å². The quantitative estimate of drug-likeness (QED) is 0.852. The van der Waals surface area contributed by atoms with Gasteiger partial charge in [0.2, 0.25) is 0 Å². The Morgan fingerprint density at radius 1 is 1.24 bits per heavy atom. The fourth-order valence-corrected chi connectivity index (χ4v) is 2.68. The maximum absolute atomic E-state index is 13.2. The van der Waals surface area contributed by atoms with Gasteiger partial charge in [0, 0.05) is 6.54 Å². The van der Waals surface area contributed by atoms with Crippen molar-refractivity contribution in [3.8, 4) is 0 Å². The normalized spacial score (nSPS) is 17.3. The molecule has 0 unspecified atom stereocenters. The summed E-state index contributed by atoms with van der Waals surface area (Å²) < 4.78 is 13.2. The Labute approximate surface area is 107 Å². The second kappa shape index (κ2) is 6.36. The van der Waals surface area contributed by atoms with E-state index in [1.165, 1.54) is 38.2 Å². The first-order valence-corrected chi connectivity index (χ1v) is 6.79. The van der Waals surface area contributed by atoms with Gasteiger partial charge in [-0.1, -0.05) is 43.0 Å². The van der Waals surface area contributed by atoms with Crippen LogP contribution in [0.25, 0.3) is 0 Å². The number of rotatable bonds is 4. The van der Waals surface area contributed by atoms with E-state index >= 15 is 0 Å². The van der Waals surface area contributed by atoms with E-state index in [0.29, 0.717) is 6.54 Å². The molecule has 1 nitrogen and oxygen atoms in total. The number of nitrogens with one attached hydrogen (secondary N) is 1. The summed E-state index contributed by atoms with van der Waals surface area (Å²) in [7, 11) is 0. The lowest BCUT2D eigenvalue weighted by Gasteiger charge is -2.21. The zero-order chi connectivity index (χ0) is 12.1. The lowest BCUT2D eigenvalue weighted by Crippen LogP contribution is -2.24. The van der Waals surface area contributed by atoms with Crippen molar-refractivity contribution in [2.24, 2.45) is 5.92 Å². The Kier molecular flexibility index (Phi) is 4.81. The summed E-state index contributed by atoms with van der Waals surface area (Å²) in [5.41, 5.74) is 0.850. The van der Waals surface area contributed by atoms with E-state index in [-0.39, 0.29) is 10.8 Å². The van der Waals surface area contributed by atoms with E-state index in [1.807, 2.05) is 6.07 Å². The Bertz CT molecular complexity index is 361. The fourth-order valence-electron chi connectivity index (χ4n) is 2.49. The van der Waals surface area contributed by atoms with Gasteiger partial charge in [0.05, 0.1) is 5.02 Å². The summed E-state index contributed by atoms with van der Waals surface area (Å²) in [6.07, 6.45) is 6.74. The third-order valence-electron chi connectivity index (χ3n) is 3.50. The molecule has 0 radical (unpaired) electrons. The molecule has 1 N–H and O–H groups in total. The number of benzene rings is 1. The first-order chi connectivity index (χ1) is 8.27. The Morgan fingerprint density at radius 3 is 2.76 bits per heavy atom. The van der Waals surface area contributed by atoms with Gasteiger partial charge in [0.25, 0.3) is 0 Å². The van der Waals surface area contributed by atoms with Gasteiger partial charge in [-0.15, -0.1) is 0 Å². The lowest BCUT2D eigenvalue weighted by atomic mass is 9.89. The molecule has 1 saturated carbocycles. The van der Waals surface area contributed by atoms with E-state index < -0.39 is 0 Å². The molecule has 1 fully saturated rings. The largest absolute Gasteiger partial charge is 0.312 e. The lowest BCUT2D eigenvalue weighted by molar-refractivity contribution is 0.342. The zero-order valence-electron chi connectivity index (χ0n) is 10.0. The molecule has 0 amide bonds. The van der Waals surface area contributed by atoms with Crippen molar-refractivity contribution in [3.63, 3.8) is 0 Å². The highest BCUT2D eigenvalue weighted by Crippen LogP contribution is 2.23. The zero-order valence-corrected chi connectivity index (χ0v) is 10.8. The van der Waals surface area contributed by atoms with Crippen molar-refractivity contribution in [2.75, 3.05) is 6.54 Å². The minimum atomic E-state index is -0.330. The van der Waals surface area contributed by atoms with Crippen LogP contribution in [-0.4, -0.2) is 6.54 Å². The second-order valence-electron chi connectivity index (χ2n) is 4.85. The van der Waals surface area contributed by atoms with Gasteiger partial charge in [0.15, 0.2) is 0 Å². The molecule has 0 aromatic heterocycles. The first-order valence-electron chi connectivity index (χ1n) is 6.41. The summed E-state index contributed by atoms with van der Waals surface area (Å²) in [6, 6.07) is 4.98. The molecule has 0 saturated heterocycles. The van der Waals surface area contributed by atoms with Crippen LogP contribution in [0.4, 0.5) is 4.39 Å². The van der Waals surface area contributed by atoms with Crippen LogP contribution in [0.15, 0.2) is 18.2 Å². The van der Waals surface area contributed by atoms with Gasteiger partial charge in [-0.25, -0.2) is 4.39 Å². The Hall–Kier alpha value is -0.600. The summed E-state index contributed by atoms with van der Waals surface area (Å²) in [6.45, 7) is 1.68. The molecule has 0 bridgehead atoms. The van der Waals surface area contributed by atoms with Crippen LogP contribution in [-0.2, 0) is 6.54 Å². The summed E-state index contributed by atoms with van der Waals surface area (Å²) in [5, 5.41) is 3.64. The average Bonchev–Trinajstić information content (AvgIpc) is 2.36.